The maximum absolute atomic E-state index is 15.8. The number of hydrogen-bond acceptors (Lipinski definition) is 6. The molecule has 0 saturated carbocycles. The quantitative estimate of drug-likeness (QED) is 0.119. The number of ether oxygens (including phenoxy) is 2. The predicted molar refractivity (Wildman–Crippen MR) is 203 cm³/mol. The largest absolute Gasteiger partial charge is 0.481 e. The number of carbonyl (C=O) groups is 2. The highest BCUT2D eigenvalue weighted by Gasteiger charge is 2.51. The topological polar surface area (TPSA) is 102 Å². The van der Waals surface area contributed by atoms with E-state index < -0.39 is 55.4 Å². The van der Waals surface area contributed by atoms with E-state index in [0.29, 0.717) is 36.2 Å². The Morgan fingerprint density at radius 1 is 0.981 bits per heavy atom. The van der Waals surface area contributed by atoms with E-state index >= 15 is 4.39 Å². The summed E-state index contributed by atoms with van der Waals surface area (Å²) in [6.07, 6.45) is -4.41. The van der Waals surface area contributed by atoms with Crippen LogP contribution in [0.15, 0.2) is 79.0 Å². The first-order valence-electron chi connectivity index (χ1n) is 17.7. The Morgan fingerprint density at radius 3 is 2.15 bits per heavy atom. The molecular formula is C40H46F4N4O5Si. The SMILES string of the molecule is COc1ncc(C)c(NC(=O)c2cc(F)c(NC(=O)N3CCC[C@@H]3CO[Si](c3ccccc3)(c3ccccc3)C(C)(C)C)cc2OC(C)C(F)(F)F)c1C. The number of aryl methyl sites for hydroxylation is 1. The van der Waals surface area contributed by atoms with Crippen molar-refractivity contribution in [2.45, 2.75) is 77.7 Å². The van der Waals surface area contributed by atoms with Crippen molar-refractivity contribution in [3.8, 4) is 11.6 Å². The average Bonchev–Trinajstić information content (AvgIpc) is 3.60. The fraction of sp³-hybridized carbons (Fsp3) is 0.375. The number of rotatable bonds is 11. The molecule has 1 aliphatic rings. The molecule has 1 unspecified atom stereocenters. The number of alkyl halides is 3. The molecule has 4 aromatic rings. The molecule has 1 fully saturated rings. The van der Waals surface area contributed by atoms with Gasteiger partial charge in [0.05, 0.1) is 36.7 Å². The van der Waals surface area contributed by atoms with Gasteiger partial charge in [-0.05, 0) is 60.7 Å². The van der Waals surface area contributed by atoms with Crippen LogP contribution in [0.1, 0.15) is 62.0 Å². The van der Waals surface area contributed by atoms with Crippen LogP contribution < -0.4 is 30.5 Å². The molecule has 9 nitrogen and oxygen atoms in total. The molecule has 2 atom stereocenters. The van der Waals surface area contributed by atoms with Gasteiger partial charge in [-0.15, -0.1) is 0 Å². The molecule has 3 aromatic carbocycles. The molecule has 3 amide bonds. The lowest BCUT2D eigenvalue weighted by molar-refractivity contribution is -0.189. The molecular weight excluding hydrogens is 721 g/mol. The van der Waals surface area contributed by atoms with Crippen LogP contribution >= 0.6 is 0 Å². The second-order valence-corrected chi connectivity index (χ2v) is 18.7. The number of likely N-dealkylation sites (tertiary alicyclic amines) is 1. The molecule has 2 N–H and O–H groups in total. The normalized spacial score (nSPS) is 15.5. The van der Waals surface area contributed by atoms with E-state index in [0.717, 1.165) is 29.4 Å². The fourth-order valence-electron chi connectivity index (χ4n) is 6.93. The third-order valence-electron chi connectivity index (χ3n) is 9.76. The zero-order valence-corrected chi connectivity index (χ0v) is 32.4. The van der Waals surface area contributed by atoms with Gasteiger partial charge in [-0.1, -0.05) is 81.4 Å². The highest BCUT2D eigenvalue weighted by molar-refractivity contribution is 6.99. The van der Waals surface area contributed by atoms with Gasteiger partial charge in [0.25, 0.3) is 14.2 Å². The van der Waals surface area contributed by atoms with Crippen molar-refractivity contribution in [1.82, 2.24) is 9.88 Å². The van der Waals surface area contributed by atoms with Crippen molar-refractivity contribution < 1.29 is 41.1 Å². The molecule has 1 aliphatic heterocycles. The Balaban J connectivity index is 1.43. The Labute approximate surface area is 314 Å². The molecule has 0 radical (unpaired) electrons. The first-order chi connectivity index (χ1) is 25.5. The van der Waals surface area contributed by atoms with Gasteiger partial charge in [-0.25, -0.2) is 14.2 Å². The number of methoxy groups -OCH3 is 1. The number of anilines is 2. The standard InChI is InChI=1S/C40H46F4N4O5Si/c1-25-23-45-37(51-7)26(2)35(25)47-36(49)31-21-32(41)33(22-34(31)53-27(3)40(42,43)44)46-38(50)48-20-14-15-28(48)24-52-54(39(4,5)6,29-16-10-8-11-17-29)30-18-12-9-13-19-30/h8-13,16-19,21-23,27-28H,14-15,20,24H2,1-7H3,(H,46,50)(H,45,47,49)/t27?,28-/m1/s1. The van der Waals surface area contributed by atoms with Gasteiger partial charge in [0.2, 0.25) is 5.88 Å². The number of benzene rings is 3. The zero-order valence-electron chi connectivity index (χ0n) is 31.4. The van der Waals surface area contributed by atoms with Crippen LogP contribution in [-0.2, 0) is 4.43 Å². The van der Waals surface area contributed by atoms with Gasteiger partial charge in [-0.3, -0.25) is 4.79 Å². The monoisotopic (exact) mass is 766 g/mol. The molecule has 14 heteroatoms. The molecule has 0 spiro atoms. The minimum Gasteiger partial charge on any atom is -0.481 e. The van der Waals surface area contributed by atoms with E-state index in [1.54, 1.807) is 18.7 Å². The minimum absolute atomic E-state index is 0.207. The van der Waals surface area contributed by atoms with E-state index in [-0.39, 0.29) is 23.6 Å². The van der Waals surface area contributed by atoms with Crippen molar-refractivity contribution in [2.75, 3.05) is 30.9 Å². The Morgan fingerprint density at radius 2 is 1.59 bits per heavy atom. The minimum atomic E-state index is -4.80. The summed E-state index contributed by atoms with van der Waals surface area (Å²) in [4.78, 5) is 33.0. The number of hydrogen-bond donors (Lipinski definition) is 2. The highest BCUT2D eigenvalue weighted by Crippen LogP contribution is 2.38. The summed E-state index contributed by atoms with van der Waals surface area (Å²) in [6.45, 7) is 11.1. The summed E-state index contributed by atoms with van der Waals surface area (Å²) in [7, 11) is -1.54. The van der Waals surface area contributed by atoms with Crippen LogP contribution in [-0.4, -0.2) is 68.7 Å². The summed E-state index contributed by atoms with van der Waals surface area (Å²) in [5.74, 6) is -2.32. The summed E-state index contributed by atoms with van der Waals surface area (Å²) in [5, 5.41) is 7.01. The zero-order chi connectivity index (χ0) is 39.4. The van der Waals surface area contributed by atoms with Crippen LogP contribution in [0.25, 0.3) is 0 Å². The van der Waals surface area contributed by atoms with Gasteiger partial charge < -0.3 is 29.4 Å². The maximum atomic E-state index is 15.8. The van der Waals surface area contributed by atoms with Gasteiger partial charge in [0.1, 0.15) is 11.6 Å². The van der Waals surface area contributed by atoms with Crippen LogP contribution in [0.2, 0.25) is 5.04 Å². The smallest absolute Gasteiger partial charge is 0.425 e. The van der Waals surface area contributed by atoms with Crippen LogP contribution in [0.5, 0.6) is 11.6 Å². The molecule has 288 valence electrons. The number of nitrogens with one attached hydrogen (secondary N) is 2. The first-order valence-corrected chi connectivity index (χ1v) is 19.6. The van der Waals surface area contributed by atoms with Crippen LogP contribution in [0.3, 0.4) is 0 Å². The Hall–Kier alpha value is -4.95. The number of amides is 3. The number of aromatic nitrogens is 1. The predicted octanol–water partition coefficient (Wildman–Crippen LogP) is 8.00. The molecule has 1 saturated heterocycles. The van der Waals surface area contributed by atoms with Gasteiger partial charge in [0.15, 0.2) is 6.10 Å². The first kappa shape index (κ1) is 40.2. The number of nitrogens with zero attached hydrogens (tertiary/aromatic N) is 2. The second kappa shape index (κ2) is 16.2. The van der Waals surface area contributed by atoms with E-state index in [1.807, 2.05) is 36.4 Å². The number of pyridine rings is 1. The molecule has 2 heterocycles. The third kappa shape index (κ3) is 8.39. The summed E-state index contributed by atoms with van der Waals surface area (Å²) >= 11 is 0. The molecule has 0 aliphatic carbocycles. The second-order valence-electron chi connectivity index (χ2n) is 14.4. The van der Waals surface area contributed by atoms with E-state index in [9.17, 15) is 22.8 Å². The van der Waals surface area contributed by atoms with E-state index in [1.165, 1.54) is 13.3 Å². The summed E-state index contributed by atoms with van der Waals surface area (Å²) in [5.41, 5.74) is 0.336. The van der Waals surface area contributed by atoms with Crippen molar-refractivity contribution in [1.29, 1.82) is 0 Å². The number of halogens is 4. The van der Waals surface area contributed by atoms with Crippen LogP contribution in [0.4, 0.5) is 33.7 Å². The van der Waals surface area contributed by atoms with Crippen molar-refractivity contribution in [3.63, 3.8) is 0 Å². The average molecular weight is 767 g/mol. The lowest BCUT2D eigenvalue weighted by atomic mass is 10.1. The maximum Gasteiger partial charge on any atom is 0.425 e. The Bertz CT molecular complexity index is 1920. The fourth-order valence-corrected chi connectivity index (χ4v) is 11.5. The summed E-state index contributed by atoms with van der Waals surface area (Å²) < 4.78 is 74.4. The number of carbonyl (C=O) groups excluding carboxylic acids is 2. The lowest BCUT2D eigenvalue weighted by Gasteiger charge is -2.44. The number of urea groups is 1. The van der Waals surface area contributed by atoms with Crippen LogP contribution in [0, 0.1) is 19.7 Å². The molecule has 1 aromatic heterocycles. The lowest BCUT2D eigenvalue weighted by Crippen LogP contribution is -2.67. The van der Waals surface area contributed by atoms with Gasteiger partial charge in [-0.2, -0.15) is 13.2 Å². The summed E-state index contributed by atoms with van der Waals surface area (Å²) in [6, 6.07) is 20.8. The van der Waals surface area contributed by atoms with Gasteiger partial charge >= 0.3 is 12.2 Å². The molecule has 5 rings (SSSR count). The van der Waals surface area contributed by atoms with Crippen molar-refractivity contribution in [2.24, 2.45) is 0 Å². The van der Waals surface area contributed by atoms with Crippen molar-refractivity contribution >= 4 is 42.0 Å². The third-order valence-corrected chi connectivity index (χ3v) is 14.8. The van der Waals surface area contributed by atoms with Crippen molar-refractivity contribution in [3.05, 3.63) is 102 Å². The van der Waals surface area contributed by atoms with Gasteiger partial charge in [0, 0.05) is 24.4 Å². The Kier molecular flexibility index (Phi) is 12.1. The van der Waals surface area contributed by atoms with E-state index in [2.05, 4.69) is 60.7 Å². The molecule has 54 heavy (non-hydrogen) atoms. The molecule has 0 bridgehead atoms. The highest BCUT2D eigenvalue weighted by atomic mass is 28.4. The van der Waals surface area contributed by atoms with E-state index in [4.69, 9.17) is 13.9 Å².